The van der Waals surface area contributed by atoms with Crippen LogP contribution in [0.3, 0.4) is 0 Å². The minimum absolute atomic E-state index is 0.148. The van der Waals surface area contributed by atoms with E-state index in [1.54, 1.807) is 0 Å². The first-order valence-electron chi connectivity index (χ1n) is 7.11. The van der Waals surface area contributed by atoms with Gasteiger partial charge in [0.1, 0.15) is 0 Å². The third-order valence-electron chi connectivity index (χ3n) is 3.29. The molecule has 112 valence electrons. The predicted molar refractivity (Wildman–Crippen MR) is 76.1 cm³/mol. The highest BCUT2D eigenvalue weighted by atomic mass is 16.4. The normalized spacial score (nSPS) is 15.4. The molecule has 2 amide bonds. The fraction of sp³-hybridized carbons (Fsp3) is 0.857. The van der Waals surface area contributed by atoms with E-state index in [0.29, 0.717) is 18.9 Å². The largest absolute Gasteiger partial charge is 0.481 e. The van der Waals surface area contributed by atoms with Gasteiger partial charge in [-0.3, -0.25) is 4.79 Å². The fourth-order valence-corrected chi connectivity index (χ4v) is 1.84. The van der Waals surface area contributed by atoms with Crippen LogP contribution in [0.1, 0.15) is 53.4 Å². The molecule has 0 aliphatic carbocycles. The number of urea groups is 1. The molecule has 5 nitrogen and oxygen atoms in total. The number of hydrogen-bond donors (Lipinski definition) is 3. The Labute approximate surface area is 116 Å². The highest BCUT2D eigenvalue weighted by Crippen LogP contribution is 2.09. The number of rotatable bonds is 9. The number of carboxylic acid groups (broad SMARTS) is 1. The summed E-state index contributed by atoms with van der Waals surface area (Å²) in [5.74, 6) is -0.0185. The number of aliphatic carboxylic acids is 1. The molecule has 0 saturated heterocycles. The fourth-order valence-electron chi connectivity index (χ4n) is 1.84. The number of nitrogens with one attached hydrogen (secondary N) is 2. The molecule has 5 heteroatoms. The second kappa shape index (κ2) is 9.64. The smallest absolute Gasteiger partial charge is 0.315 e. The number of amides is 2. The molecule has 19 heavy (non-hydrogen) atoms. The van der Waals surface area contributed by atoms with Gasteiger partial charge in [-0.15, -0.1) is 0 Å². The summed E-state index contributed by atoms with van der Waals surface area (Å²) < 4.78 is 0. The molecule has 0 aromatic carbocycles. The van der Waals surface area contributed by atoms with Crippen molar-refractivity contribution in [3.63, 3.8) is 0 Å². The zero-order valence-electron chi connectivity index (χ0n) is 12.5. The van der Waals surface area contributed by atoms with Gasteiger partial charge in [-0.1, -0.05) is 27.2 Å². The molecule has 0 radical (unpaired) electrons. The van der Waals surface area contributed by atoms with E-state index < -0.39 is 5.97 Å². The summed E-state index contributed by atoms with van der Waals surface area (Å²) in [4.78, 5) is 22.0. The van der Waals surface area contributed by atoms with Gasteiger partial charge < -0.3 is 15.7 Å². The Hall–Kier alpha value is -1.26. The summed E-state index contributed by atoms with van der Waals surface area (Å²) in [5, 5.41) is 14.3. The standard InChI is InChI=1S/C14H28N2O3/c1-5-10(2)8-12(4)16-14(19)15-9-11(3)6-7-13(17)18/h10-12H,5-9H2,1-4H3,(H,17,18)(H2,15,16,19). The van der Waals surface area contributed by atoms with Crippen molar-refractivity contribution in [2.75, 3.05) is 6.54 Å². The van der Waals surface area contributed by atoms with Crippen LogP contribution in [0.2, 0.25) is 0 Å². The topological polar surface area (TPSA) is 78.4 Å². The van der Waals surface area contributed by atoms with E-state index in [9.17, 15) is 9.59 Å². The van der Waals surface area contributed by atoms with Gasteiger partial charge in [-0.25, -0.2) is 4.79 Å². The lowest BCUT2D eigenvalue weighted by Gasteiger charge is -2.19. The Morgan fingerprint density at radius 1 is 1.16 bits per heavy atom. The number of carbonyl (C=O) groups excluding carboxylic acids is 1. The first-order valence-corrected chi connectivity index (χ1v) is 7.11. The van der Waals surface area contributed by atoms with Gasteiger partial charge in [-0.2, -0.15) is 0 Å². The van der Waals surface area contributed by atoms with Crippen LogP contribution in [0, 0.1) is 11.8 Å². The predicted octanol–water partition coefficient (Wildman–Crippen LogP) is 2.61. The van der Waals surface area contributed by atoms with Crippen LogP contribution in [-0.2, 0) is 4.79 Å². The molecule has 3 unspecified atom stereocenters. The van der Waals surface area contributed by atoms with Crippen molar-refractivity contribution in [3.05, 3.63) is 0 Å². The second-order valence-electron chi connectivity index (χ2n) is 5.54. The Morgan fingerprint density at radius 3 is 2.32 bits per heavy atom. The van der Waals surface area contributed by atoms with Crippen LogP contribution in [-0.4, -0.2) is 29.7 Å². The van der Waals surface area contributed by atoms with Crippen LogP contribution in [0.15, 0.2) is 0 Å². The van der Waals surface area contributed by atoms with E-state index in [-0.39, 0.29) is 24.4 Å². The van der Waals surface area contributed by atoms with Crippen molar-refractivity contribution in [1.29, 1.82) is 0 Å². The van der Waals surface area contributed by atoms with Crippen molar-refractivity contribution in [2.24, 2.45) is 11.8 Å². The van der Waals surface area contributed by atoms with E-state index in [2.05, 4.69) is 24.5 Å². The number of carbonyl (C=O) groups is 2. The first kappa shape index (κ1) is 17.7. The summed E-state index contributed by atoms with van der Waals surface area (Å²) in [7, 11) is 0. The molecule has 0 aromatic heterocycles. The van der Waals surface area contributed by atoms with Crippen LogP contribution in [0.25, 0.3) is 0 Å². The number of carboxylic acids is 1. The Bertz CT molecular complexity index is 282. The first-order chi connectivity index (χ1) is 8.85. The monoisotopic (exact) mass is 272 g/mol. The Balaban J connectivity index is 3.76. The molecule has 3 N–H and O–H groups in total. The molecular weight excluding hydrogens is 244 g/mol. The molecule has 0 bridgehead atoms. The molecule has 0 fully saturated rings. The summed E-state index contributed by atoms with van der Waals surface area (Å²) in [6, 6.07) is -0.0118. The van der Waals surface area contributed by atoms with E-state index in [1.807, 2.05) is 13.8 Å². The van der Waals surface area contributed by atoms with Crippen molar-refractivity contribution < 1.29 is 14.7 Å². The highest BCUT2D eigenvalue weighted by Gasteiger charge is 2.11. The Morgan fingerprint density at radius 2 is 1.79 bits per heavy atom. The maximum Gasteiger partial charge on any atom is 0.315 e. The third kappa shape index (κ3) is 10.4. The van der Waals surface area contributed by atoms with Crippen LogP contribution in [0.4, 0.5) is 4.79 Å². The SMILES string of the molecule is CCC(C)CC(C)NC(=O)NCC(C)CCC(=O)O. The van der Waals surface area contributed by atoms with E-state index >= 15 is 0 Å². The molecule has 3 atom stereocenters. The zero-order valence-corrected chi connectivity index (χ0v) is 12.5. The summed E-state index contributed by atoms with van der Waals surface area (Å²) in [6.07, 6.45) is 2.81. The van der Waals surface area contributed by atoms with Crippen LogP contribution < -0.4 is 10.6 Å². The maximum atomic E-state index is 11.6. The van der Waals surface area contributed by atoms with Gasteiger partial charge in [-0.05, 0) is 31.6 Å². The lowest BCUT2D eigenvalue weighted by molar-refractivity contribution is -0.137. The minimum atomic E-state index is -0.793. The van der Waals surface area contributed by atoms with E-state index in [4.69, 9.17) is 5.11 Å². The molecule has 0 rings (SSSR count). The third-order valence-corrected chi connectivity index (χ3v) is 3.29. The molecular formula is C14H28N2O3. The van der Waals surface area contributed by atoms with Crippen LogP contribution >= 0.6 is 0 Å². The summed E-state index contributed by atoms with van der Waals surface area (Å²) in [5.41, 5.74) is 0. The van der Waals surface area contributed by atoms with E-state index in [0.717, 1.165) is 12.8 Å². The van der Waals surface area contributed by atoms with Crippen molar-refractivity contribution in [3.8, 4) is 0 Å². The number of hydrogen-bond acceptors (Lipinski definition) is 2. The van der Waals surface area contributed by atoms with Gasteiger partial charge in [0.25, 0.3) is 0 Å². The minimum Gasteiger partial charge on any atom is -0.481 e. The lowest BCUT2D eigenvalue weighted by Crippen LogP contribution is -2.42. The summed E-state index contributed by atoms with van der Waals surface area (Å²) >= 11 is 0. The lowest BCUT2D eigenvalue weighted by atomic mass is 10.0. The van der Waals surface area contributed by atoms with Gasteiger partial charge in [0, 0.05) is 19.0 Å². The van der Waals surface area contributed by atoms with Gasteiger partial charge >= 0.3 is 12.0 Å². The average molecular weight is 272 g/mol. The maximum absolute atomic E-state index is 11.6. The van der Waals surface area contributed by atoms with Gasteiger partial charge in [0.2, 0.25) is 0 Å². The Kier molecular flexibility index (Phi) is 9.00. The van der Waals surface area contributed by atoms with Crippen molar-refractivity contribution in [2.45, 2.75) is 59.4 Å². The average Bonchev–Trinajstić information content (AvgIpc) is 2.33. The highest BCUT2D eigenvalue weighted by molar-refractivity contribution is 5.74. The van der Waals surface area contributed by atoms with E-state index in [1.165, 1.54) is 0 Å². The van der Waals surface area contributed by atoms with Crippen LogP contribution in [0.5, 0.6) is 0 Å². The molecule has 0 saturated carbocycles. The zero-order chi connectivity index (χ0) is 14.8. The molecule has 0 heterocycles. The van der Waals surface area contributed by atoms with Crippen molar-refractivity contribution in [1.82, 2.24) is 10.6 Å². The quantitative estimate of drug-likeness (QED) is 0.603. The van der Waals surface area contributed by atoms with Gasteiger partial charge in [0.05, 0.1) is 0 Å². The second-order valence-corrected chi connectivity index (χ2v) is 5.54. The molecule has 0 aliphatic rings. The van der Waals surface area contributed by atoms with Gasteiger partial charge in [0.15, 0.2) is 0 Å². The summed E-state index contributed by atoms with van der Waals surface area (Å²) in [6.45, 7) is 8.76. The molecule has 0 aromatic rings. The van der Waals surface area contributed by atoms with Crippen molar-refractivity contribution >= 4 is 12.0 Å². The molecule has 0 spiro atoms. The molecule has 0 aliphatic heterocycles.